The van der Waals surface area contributed by atoms with E-state index in [-0.39, 0.29) is 23.7 Å². The zero-order chi connectivity index (χ0) is 14.3. The van der Waals surface area contributed by atoms with Gasteiger partial charge in [0.05, 0.1) is 10.2 Å². The smallest absolute Gasteiger partial charge is 0.159 e. The number of halogens is 2. The molecule has 0 unspecified atom stereocenters. The van der Waals surface area contributed by atoms with Crippen molar-refractivity contribution >= 4 is 27.3 Å². The number of nitrogens with zero attached hydrogens (tertiary/aromatic N) is 1. The first-order chi connectivity index (χ1) is 9.54. The number of hydrogen-bond acceptors (Lipinski definition) is 4. The summed E-state index contributed by atoms with van der Waals surface area (Å²) in [5.74, 6) is -0.180. The quantitative estimate of drug-likeness (QED) is 0.836. The SMILES string of the molecule is Oc1ccc(C2=Nc3cc(O)cc(Br)c3OC2)c(F)c1. The Morgan fingerprint density at radius 2 is 1.95 bits per heavy atom. The van der Waals surface area contributed by atoms with Crippen molar-refractivity contribution in [1.29, 1.82) is 0 Å². The number of aromatic hydroxyl groups is 2. The summed E-state index contributed by atoms with van der Waals surface area (Å²) < 4.78 is 19.9. The van der Waals surface area contributed by atoms with E-state index in [1.807, 2.05) is 0 Å². The second-order valence-electron chi connectivity index (χ2n) is 4.29. The Bertz CT molecular complexity index is 731. The van der Waals surface area contributed by atoms with Crippen molar-refractivity contribution in [3.8, 4) is 17.2 Å². The summed E-state index contributed by atoms with van der Waals surface area (Å²) in [6.07, 6.45) is 0. The number of phenolic OH excluding ortho intramolecular Hbond substituents is 2. The highest BCUT2D eigenvalue weighted by atomic mass is 79.9. The van der Waals surface area contributed by atoms with Crippen molar-refractivity contribution in [2.75, 3.05) is 6.61 Å². The minimum Gasteiger partial charge on any atom is -0.508 e. The van der Waals surface area contributed by atoms with Crippen molar-refractivity contribution in [1.82, 2.24) is 0 Å². The molecule has 1 aliphatic rings. The molecule has 2 N–H and O–H groups in total. The summed E-state index contributed by atoms with van der Waals surface area (Å²) >= 11 is 3.27. The molecule has 0 atom stereocenters. The molecule has 3 rings (SSSR count). The number of rotatable bonds is 1. The van der Waals surface area contributed by atoms with Gasteiger partial charge in [-0.25, -0.2) is 9.38 Å². The summed E-state index contributed by atoms with van der Waals surface area (Å²) in [4.78, 5) is 4.31. The van der Waals surface area contributed by atoms with Gasteiger partial charge in [0.15, 0.2) is 5.75 Å². The van der Waals surface area contributed by atoms with Gasteiger partial charge < -0.3 is 14.9 Å². The van der Waals surface area contributed by atoms with E-state index in [2.05, 4.69) is 20.9 Å². The minimum absolute atomic E-state index is 0.0374. The van der Waals surface area contributed by atoms with Gasteiger partial charge in [0.25, 0.3) is 0 Å². The van der Waals surface area contributed by atoms with Gasteiger partial charge in [-0.3, -0.25) is 0 Å². The van der Waals surface area contributed by atoms with E-state index < -0.39 is 5.82 Å². The van der Waals surface area contributed by atoms with Crippen molar-refractivity contribution in [2.24, 2.45) is 4.99 Å². The topological polar surface area (TPSA) is 62.1 Å². The summed E-state index contributed by atoms with van der Waals surface area (Å²) in [5.41, 5.74) is 1.08. The van der Waals surface area contributed by atoms with E-state index in [4.69, 9.17) is 4.74 Å². The molecule has 0 aromatic heterocycles. The van der Waals surface area contributed by atoms with E-state index in [9.17, 15) is 14.6 Å². The molecular weight excluding hydrogens is 329 g/mol. The molecule has 1 aliphatic heterocycles. The average molecular weight is 338 g/mol. The normalized spacial score (nSPS) is 13.4. The second-order valence-corrected chi connectivity index (χ2v) is 5.14. The Kier molecular flexibility index (Phi) is 3.10. The average Bonchev–Trinajstić information content (AvgIpc) is 2.37. The largest absolute Gasteiger partial charge is 0.508 e. The van der Waals surface area contributed by atoms with E-state index in [1.165, 1.54) is 24.3 Å². The number of phenols is 2. The molecule has 1 heterocycles. The Balaban J connectivity index is 2.10. The zero-order valence-electron chi connectivity index (χ0n) is 10.1. The fourth-order valence-electron chi connectivity index (χ4n) is 1.99. The highest BCUT2D eigenvalue weighted by molar-refractivity contribution is 9.10. The maximum Gasteiger partial charge on any atom is 0.159 e. The second kappa shape index (κ2) is 4.79. The lowest BCUT2D eigenvalue weighted by Crippen LogP contribution is -2.17. The van der Waals surface area contributed by atoms with Crippen molar-refractivity contribution in [2.45, 2.75) is 0 Å². The highest BCUT2D eigenvalue weighted by Crippen LogP contribution is 2.41. The van der Waals surface area contributed by atoms with E-state index in [0.29, 0.717) is 21.6 Å². The lowest BCUT2D eigenvalue weighted by atomic mass is 10.1. The summed E-state index contributed by atoms with van der Waals surface area (Å²) in [5, 5.41) is 18.8. The lowest BCUT2D eigenvalue weighted by Gasteiger charge is -2.19. The van der Waals surface area contributed by atoms with Crippen LogP contribution in [0, 0.1) is 5.82 Å². The van der Waals surface area contributed by atoms with Gasteiger partial charge in [0.2, 0.25) is 0 Å². The summed E-state index contributed by atoms with van der Waals surface area (Å²) in [6, 6.07) is 6.79. The van der Waals surface area contributed by atoms with Gasteiger partial charge >= 0.3 is 0 Å². The van der Waals surface area contributed by atoms with Gasteiger partial charge in [0.1, 0.15) is 29.6 Å². The Morgan fingerprint density at radius 3 is 2.70 bits per heavy atom. The summed E-state index contributed by atoms with van der Waals surface area (Å²) in [6.45, 7) is 0.109. The molecule has 0 saturated heterocycles. The van der Waals surface area contributed by atoms with Crippen molar-refractivity contribution in [3.63, 3.8) is 0 Å². The van der Waals surface area contributed by atoms with Crippen LogP contribution >= 0.6 is 15.9 Å². The zero-order valence-corrected chi connectivity index (χ0v) is 11.7. The minimum atomic E-state index is -0.574. The van der Waals surface area contributed by atoms with Crippen LogP contribution in [0.2, 0.25) is 0 Å². The molecule has 4 nitrogen and oxygen atoms in total. The van der Waals surface area contributed by atoms with Crippen LogP contribution in [-0.4, -0.2) is 22.5 Å². The van der Waals surface area contributed by atoms with Crippen LogP contribution in [0.3, 0.4) is 0 Å². The number of fused-ring (bicyclic) bond motifs is 1. The molecule has 0 amide bonds. The van der Waals surface area contributed by atoms with E-state index in [1.54, 1.807) is 0 Å². The molecule has 102 valence electrons. The molecule has 2 aromatic carbocycles. The third-order valence-corrected chi connectivity index (χ3v) is 3.47. The molecule has 0 radical (unpaired) electrons. The van der Waals surface area contributed by atoms with Gasteiger partial charge in [-0.2, -0.15) is 0 Å². The van der Waals surface area contributed by atoms with Crippen LogP contribution < -0.4 is 4.74 Å². The third-order valence-electron chi connectivity index (χ3n) is 2.88. The van der Waals surface area contributed by atoms with E-state index >= 15 is 0 Å². The first-order valence-corrected chi connectivity index (χ1v) is 6.55. The van der Waals surface area contributed by atoms with Crippen LogP contribution in [0.1, 0.15) is 5.56 Å². The summed E-state index contributed by atoms with van der Waals surface area (Å²) in [7, 11) is 0. The van der Waals surface area contributed by atoms with Gasteiger partial charge in [0, 0.05) is 17.7 Å². The third kappa shape index (κ3) is 2.22. The van der Waals surface area contributed by atoms with Crippen molar-refractivity contribution in [3.05, 3.63) is 46.2 Å². The highest BCUT2D eigenvalue weighted by Gasteiger charge is 2.20. The standard InChI is InChI=1S/C14H9BrFNO3/c15-10-3-8(19)5-12-14(10)20-6-13(17-12)9-2-1-7(18)4-11(9)16/h1-5,18-19H,6H2. The fourth-order valence-corrected chi connectivity index (χ4v) is 2.54. The molecule has 0 saturated carbocycles. The van der Waals surface area contributed by atoms with Gasteiger partial charge in [-0.05, 0) is 34.1 Å². The molecule has 0 bridgehead atoms. The van der Waals surface area contributed by atoms with Gasteiger partial charge in [-0.1, -0.05) is 0 Å². The molecule has 0 fully saturated rings. The monoisotopic (exact) mass is 337 g/mol. The van der Waals surface area contributed by atoms with Gasteiger partial charge in [-0.15, -0.1) is 0 Å². The number of hydrogen-bond donors (Lipinski definition) is 2. The number of benzene rings is 2. The van der Waals surface area contributed by atoms with E-state index in [0.717, 1.165) is 6.07 Å². The van der Waals surface area contributed by atoms with Crippen LogP contribution in [0.4, 0.5) is 10.1 Å². The first-order valence-electron chi connectivity index (χ1n) is 5.76. The Hall–Kier alpha value is -2.08. The van der Waals surface area contributed by atoms with Crippen LogP contribution in [-0.2, 0) is 0 Å². The van der Waals surface area contributed by atoms with Crippen LogP contribution in [0.15, 0.2) is 39.8 Å². The predicted octanol–water partition coefficient (Wildman–Crippen LogP) is 3.51. The number of ether oxygens (including phenoxy) is 1. The number of aliphatic imine (C=N–C) groups is 1. The molecule has 20 heavy (non-hydrogen) atoms. The maximum absolute atomic E-state index is 13.8. The molecule has 0 aliphatic carbocycles. The Labute approximate surface area is 122 Å². The molecule has 6 heteroatoms. The molecular formula is C14H9BrFNO3. The molecule has 0 spiro atoms. The van der Waals surface area contributed by atoms with Crippen LogP contribution in [0.25, 0.3) is 0 Å². The maximum atomic E-state index is 13.8. The Morgan fingerprint density at radius 1 is 1.15 bits per heavy atom. The molecule has 2 aromatic rings. The first kappa shape index (κ1) is 12.9. The predicted molar refractivity (Wildman–Crippen MR) is 75.6 cm³/mol. The lowest BCUT2D eigenvalue weighted by molar-refractivity contribution is 0.368. The van der Waals surface area contributed by atoms with Crippen molar-refractivity contribution < 1.29 is 19.3 Å². The fraction of sp³-hybridized carbons (Fsp3) is 0.0714. The van der Waals surface area contributed by atoms with Crippen LogP contribution in [0.5, 0.6) is 17.2 Å².